The first-order valence-corrected chi connectivity index (χ1v) is 9.64. The number of rotatable bonds is 8. The predicted molar refractivity (Wildman–Crippen MR) is 101 cm³/mol. The third-order valence-electron chi connectivity index (χ3n) is 4.26. The second kappa shape index (κ2) is 8.36. The molecule has 8 nitrogen and oxygen atoms in total. The molecule has 27 heavy (non-hydrogen) atoms. The number of hydrogen-bond donors (Lipinski definition) is 1. The van der Waals surface area contributed by atoms with Crippen molar-refractivity contribution < 1.29 is 22.8 Å². The number of nitrogens with one attached hydrogen (secondary N) is 1. The van der Waals surface area contributed by atoms with Gasteiger partial charge in [0.25, 0.3) is 5.69 Å². The second-order valence-electron chi connectivity index (χ2n) is 5.99. The lowest BCUT2D eigenvalue weighted by molar-refractivity contribution is -0.385. The van der Waals surface area contributed by atoms with Gasteiger partial charge in [0, 0.05) is 12.1 Å². The molecule has 0 bridgehead atoms. The Hall–Kier alpha value is -2.65. The molecule has 1 N–H and O–H groups in total. The van der Waals surface area contributed by atoms with Crippen molar-refractivity contribution in [3.05, 3.63) is 57.1 Å². The molecule has 0 aromatic heterocycles. The molecule has 0 saturated heterocycles. The molecule has 2 aromatic carbocycles. The summed E-state index contributed by atoms with van der Waals surface area (Å²) in [5.41, 5.74) is 2.06. The van der Waals surface area contributed by atoms with E-state index in [2.05, 4.69) is 4.72 Å². The van der Waals surface area contributed by atoms with Gasteiger partial charge >= 0.3 is 0 Å². The van der Waals surface area contributed by atoms with Crippen LogP contribution in [0.25, 0.3) is 0 Å². The van der Waals surface area contributed by atoms with Crippen LogP contribution >= 0.6 is 0 Å². The van der Waals surface area contributed by atoms with Crippen molar-refractivity contribution in [2.75, 3.05) is 20.8 Å². The minimum Gasteiger partial charge on any atom is -0.493 e. The normalized spacial score (nSPS) is 11.3. The summed E-state index contributed by atoms with van der Waals surface area (Å²) < 4.78 is 37.6. The largest absolute Gasteiger partial charge is 0.493 e. The van der Waals surface area contributed by atoms with E-state index >= 15 is 0 Å². The Morgan fingerprint density at radius 2 is 1.67 bits per heavy atom. The number of hydrogen-bond acceptors (Lipinski definition) is 6. The Labute approximate surface area is 158 Å². The molecule has 0 aliphatic carbocycles. The van der Waals surface area contributed by atoms with Crippen LogP contribution in [0.4, 0.5) is 5.69 Å². The number of nitro benzene ring substituents is 1. The maximum atomic E-state index is 12.4. The van der Waals surface area contributed by atoms with Crippen molar-refractivity contribution in [1.82, 2.24) is 4.72 Å². The lowest BCUT2D eigenvalue weighted by Crippen LogP contribution is -2.26. The van der Waals surface area contributed by atoms with Crippen LogP contribution in [0.5, 0.6) is 11.5 Å². The Morgan fingerprint density at radius 3 is 2.22 bits per heavy atom. The molecular formula is C18H22N2O6S. The SMILES string of the molecule is COc1cc(CCNS(=O)(=O)c2ccc(C)c(C)c2)c([N+](=O)[O-])cc1OC. The first kappa shape index (κ1) is 20.7. The van der Waals surface area contributed by atoms with Gasteiger partial charge in [0.15, 0.2) is 11.5 Å². The highest BCUT2D eigenvalue weighted by Gasteiger charge is 2.20. The Morgan fingerprint density at radius 1 is 1.04 bits per heavy atom. The van der Waals surface area contributed by atoms with E-state index in [-0.39, 0.29) is 29.3 Å². The van der Waals surface area contributed by atoms with Gasteiger partial charge in [0.2, 0.25) is 10.0 Å². The summed E-state index contributed by atoms with van der Waals surface area (Å²) >= 11 is 0. The smallest absolute Gasteiger partial charge is 0.276 e. The average Bonchev–Trinajstić information content (AvgIpc) is 2.62. The van der Waals surface area contributed by atoms with E-state index in [0.717, 1.165) is 11.1 Å². The average molecular weight is 394 g/mol. The third-order valence-corrected chi connectivity index (χ3v) is 5.72. The second-order valence-corrected chi connectivity index (χ2v) is 7.75. The molecule has 0 fully saturated rings. The van der Waals surface area contributed by atoms with E-state index in [9.17, 15) is 18.5 Å². The van der Waals surface area contributed by atoms with Gasteiger partial charge in [-0.15, -0.1) is 0 Å². The highest BCUT2D eigenvalue weighted by Crippen LogP contribution is 2.34. The number of ether oxygens (including phenoxy) is 2. The third kappa shape index (κ3) is 4.75. The van der Waals surface area contributed by atoms with Gasteiger partial charge in [-0.25, -0.2) is 13.1 Å². The highest BCUT2D eigenvalue weighted by atomic mass is 32.2. The monoisotopic (exact) mass is 394 g/mol. The molecule has 0 atom stereocenters. The summed E-state index contributed by atoms with van der Waals surface area (Å²) in [7, 11) is -0.893. The fourth-order valence-electron chi connectivity index (χ4n) is 2.57. The number of aryl methyl sites for hydroxylation is 2. The molecule has 0 spiro atoms. The van der Waals surface area contributed by atoms with Crippen molar-refractivity contribution in [3.8, 4) is 11.5 Å². The lowest BCUT2D eigenvalue weighted by Gasteiger charge is -2.12. The molecule has 0 saturated carbocycles. The molecule has 0 amide bonds. The number of nitro groups is 1. The molecule has 9 heteroatoms. The zero-order valence-electron chi connectivity index (χ0n) is 15.6. The van der Waals surface area contributed by atoms with Crippen molar-refractivity contribution >= 4 is 15.7 Å². The summed E-state index contributed by atoms with van der Waals surface area (Å²) in [6.07, 6.45) is 0.126. The van der Waals surface area contributed by atoms with Gasteiger partial charge in [-0.3, -0.25) is 10.1 Å². The first-order valence-electron chi connectivity index (χ1n) is 8.15. The van der Waals surface area contributed by atoms with Gasteiger partial charge in [0.05, 0.1) is 30.1 Å². The molecule has 0 unspecified atom stereocenters. The minimum absolute atomic E-state index is 0.00554. The molecular weight excluding hydrogens is 372 g/mol. The summed E-state index contributed by atoms with van der Waals surface area (Å²) in [6, 6.07) is 7.62. The molecule has 0 heterocycles. The van der Waals surface area contributed by atoms with Crippen LogP contribution in [-0.4, -0.2) is 34.1 Å². The maximum absolute atomic E-state index is 12.4. The lowest BCUT2D eigenvalue weighted by atomic mass is 10.1. The van der Waals surface area contributed by atoms with Crippen molar-refractivity contribution in [2.45, 2.75) is 25.2 Å². The molecule has 2 rings (SSSR count). The van der Waals surface area contributed by atoms with Crippen LogP contribution in [-0.2, 0) is 16.4 Å². The summed E-state index contributed by atoms with van der Waals surface area (Å²) in [5, 5.41) is 11.3. The standard InChI is InChI=1S/C18H22N2O6S/c1-12-5-6-15(9-13(12)2)27(23,24)19-8-7-14-10-17(25-3)18(26-4)11-16(14)20(21)22/h5-6,9-11,19H,7-8H2,1-4H3. The number of methoxy groups -OCH3 is 2. The zero-order chi connectivity index (χ0) is 20.2. The predicted octanol–water partition coefficient (Wildman–Crippen LogP) is 2.75. The van der Waals surface area contributed by atoms with E-state index < -0.39 is 14.9 Å². The maximum Gasteiger partial charge on any atom is 0.276 e. The van der Waals surface area contributed by atoms with Crippen LogP contribution < -0.4 is 14.2 Å². The molecule has 146 valence electrons. The van der Waals surface area contributed by atoms with Crippen LogP contribution in [0.3, 0.4) is 0 Å². The highest BCUT2D eigenvalue weighted by molar-refractivity contribution is 7.89. The number of nitrogens with zero attached hydrogens (tertiary/aromatic N) is 1. The van der Waals surface area contributed by atoms with Crippen molar-refractivity contribution in [3.63, 3.8) is 0 Å². The minimum atomic E-state index is -3.71. The Balaban J connectivity index is 2.20. The topological polar surface area (TPSA) is 108 Å². The fraction of sp³-hybridized carbons (Fsp3) is 0.333. The number of benzene rings is 2. The van der Waals surface area contributed by atoms with E-state index in [0.29, 0.717) is 11.3 Å². The van der Waals surface area contributed by atoms with Gasteiger partial charge in [0.1, 0.15) is 0 Å². The first-order chi connectivity index (χ1) is 12.7. The summed E-state index contributed by atoms with van der Waals surface area (Å²) in [5.74, 6) is 0.582. The van der Waals surface area contributed by atoms with Crippen LogP contribution in [0.1, 0.15) is 16.7 Å². The Kier molecular flexibility index (Phi) is 6.40. The van der Waals surface area contributed by atoms with E-state index in [1.807, 2.05) is 13.8 Å². The Bertz CT molecular complexity index is 957. The fourth-order valence-corrected chi connectivity index (χ4v) is 3.68. The molecule has 2 aromatic rings. The van der Waals surface area contributed by atoms with Gasteiger partial charge in [-0.2, -0.15) is 0 Å². The molecule has 0 aliphatic heterocycles. The zero-order valence-corrected chi connectivity index (χ0v) is 16.4. The molecule has 0 aliphatic rings. The van der Waals surface area contributed by atoms with Gasteiger partial charge < -0.3 is 9.47 Å². The number of sulfonamides is 1. The summed E-state index contributed by atoms with van der Waals surface area (Å²) in [4.78, 5) is 10.9. The van der Waals surface area contributed by atoms with Crippen molar-refractivity contribution in [2.24, 2.45) is 0 Å². The van der Waals surface area contributed by atoms with Crippen LogP contribution in [0.2, 0.25) is 0 Å². The van der Waals surface area contributed by atoms with Crippen molar-refractivity contribution in [1.29, 1.82) is 0 Å². The quantitative estimate of drug-likeness (QED) is 0.545. The molecule has 0 radical (unpaired) electrons. The van der Waals surface area contributed by atoms with Crippen LogP contribution in [0.15, 0.2) is 35.2 Å². The van der Waals surface area contributed by atoms with E-state index in [1.165, 1.54) is 32.4 Å². The van der Waals surface area contributed by atoms with Gasteiger partial charge in [-0.1, -0.05) is 6.07 Å². The van der Waals surface area contributed by atoms with Crippen LogP contribution in [0, 0.1) is 24.0 Å². The van der Waals surface area contributed by atoms with E-state index in [4.69, 9.17) is 9.47 Å². The van der Waals surface area contributed by atoms with Gasteiger partial charge in [-0.05, 0) is 49.6 Å². The summed E-state index contributed by atoms with van der Waals surface area (Å²) in [6.45, 7) is 3.74. The van der Waals surface area contributed by atoms with E-state index in [1.54, 1.807) is 12.1 Å².